The van der Waals surface area contributed by atoms with E-state index in [-0.39, 0.29) is 0 Å². The summed E-state index contributed by atoms with van der Waals surface area (Å²) in [5.74, 6) is 1.42. The van der Waals surface area contributed by atoms with Crippen LogP contribution in [0.3, 0.4) is 0 Å². The van der Waals surface area contributed by atoms with Gasteiger partial charge in [-0.25, -0.2) is 9.97 Å². The summed E-state index contributed by atoms with van der Waals surface area (Å²) in [4.78, 5) is 12.2. The molecule has 1 aliphatic heterocycles. The van der Waals surface area contributed by atoms with Crippen LogP contribution >= 0.6 is 12.6 Å². The molecule has 0 unspecified atom stereocenters. The van der Waals surface area contributed by atoms with E-state index in [1.54, 1.807) is 12.2 Å². The van der Waals surface area contributed by atoms with Gasteiger partial charge in [-0.2, -0.15) is 0 Å². The van der Waals surface area contributed by atoms with Gasteiger partial charge in [0.15, 0.2) is 5.82 Å². The fourth-order valence-corrected chi connectivity index (χ4v) is 2.95. The summed E-state index contributed by atoms with van der Waals surface area (Å²) in [6, 6.07) is 5.68. The third-order valence-electron chi connectivity index (χ3n) is 3.96. The maximum atomic E-state index is 5.94. The molecule has 5 nitrogen and oxygen atoms in total. The van der Waals surface area contributed by atoms with E-state index in [0.717, 1.165) is 34.9 Å². The predicted molar refractivity (Wildman–Crippen MR) is 102 cm³/mol. The molecule has 6 heteroatoms. The number of nitrogens with zero attached hydrogens (tertiary/aromatic N) is 3. The topological polar surface area (TPSA) is 64.3 Å². The number of nitrogens with two attached hydrogens (primary N) is 1. The van der Waals surface area contributed by atoms with Gasteiger partial charge in [-0.15, -0.1) is 12.6 Å². The van der Waals surface area contributed by atoms with Crippen molar-refractivity contribution in [1.82, 2.24) is 9.97 Å². The molecule has 0 aliphatic carbocycles. The molecule has 1 saturated heterocycles. The Kier molecular flexibility index (Phi) is 4.87. The van der Waals surface area contributed by atoms with E-state index in [1.165, 1.54) is 0 Å². The van der Waals surface area contributed by atoms with Crippen molar-refractivity contribution < 1.29 is 4.74 Å². The van der Waals surface area contributed by atoms with Crippen molar-refractivity contribution in [1.29, 1.82) is 0 Å². The quantitative estimate of drug-likeness (QED) is 0.661. The van der Waals surface area contributed by atoms with Crippen LogP contribution in [-0.4, -0.2) is 36.3 Å². The van der Waals surface area contributed by atoms with Gasteiger partial charge < -0.3 is 15.4 Å². The van der Waals surface area contributed by atoms with Crippen LogP contribution in [0.15, 0.2) is 36.3 Å². The fourth-order valence-electron chi connectivity index (χ4n) is 2.62. The van der Waals surface area contributed by atoms with Crippen LogP contribution in [0.2, 0.25) is 0 Å². The standard InChI is InChI=1S/C18H20N4OS/c1-3-12-11-13(5-6-14(12)19)17-20-15(4-2)16(24)18(21-17)22-7-9-23-10-8-22/h3-6,11,24H,1-2,7-10,19H2. The van der Waals surface area contributed by atoms with E-state index in [1.807, 2.05) is 18.2 Å². The lowest BCUT2D eigenvalue weighted by molar-refractivity contribution is 0.122. The molecule has 0 amide bonds. The molecule has 124 valence electrons. The van der Waals surface area contributed by atoms with Gasteiger partial charge in [0.2, 0.25) is 0 Å². The molecular formula is C18H20N4OS. The van der Waals surface area contributed by atoms with Crippen LogP contribution in [0.5, 0.6) is 0 Å². The van der Waals surface area contributed by atoms with Gasteiger partial charge in [0.05, 0.1) is 23.8 Å². The number of aromatic nitrogens is 2. The zero-order valence-corrected chi connectivity index (χ0v) is 14.3. The summed E-state index contributed by atoms with van der Waals surface area (Å²) in [7, 11) is 0. The second-order valence-electron chi connectivity index (χ2n) is 5.46. The van der Waals surface area contributed by atoms with Crippen LogP contribution < -0.4 is 10.6 Å². The summed E-state index contributed by atoms with van der Waals surface area (Å²) in [6.45, 7) is 10.6. The molecule has 1 aromatic heterocycles. The molecule has 2 heterocycles. The lowest BCUT2D eigenvalue weighted by Crippen LogP contribution is -2.37. The van der Waals surface area contributed by atoms with Gasteiger partial charge in [0, 0.05) is 24.3 Å². The average Bonchev–Trinajstić information content (AvgIpc) is 2.63. The Balaban J connectivity index is 2.11. The van der Waals surface area contributed by atoms with Crippen molar-refractivity contribution in [2.75, 3.05) is 36.9 Å². The van der Waals surface area contributed by atoms with Gasteiger partial charge in [0.25, 0.3) is 0 Å². The molecular weight excluding hydrogens is 320 g/mol. The summed E-state index contributed by atoms with van der Waals surface area (Å²) >= 11 is 4.60. The predicted octanol–water partition coefficient (Wildman–Crippen LogP) is 3.14. The Morgan fingerprint density at radius 3 is 2.58 bits per heavy atom. The number of hydrogen-bond acceptors (Lipinski definition) is 6. The van der Waals surface area contributed by atoms with Gasteiger partial charge in [-0.3, -0.25) is 0 Å². The Morgan fingerprint density at radius 2 is 1.92 bits per heavy atom. The summed E-state index contributed by atoms with van der Waals surface area (Å²) in [5, 5.41) is 0. The minimum absolute atomic E-state index is 0.618. The largest absolute Gasteiger partial charge is 0.398 e. The van der Waals surface area contributed by atoms with Crippen LogP contribution in [0, 0.1) is 0 Å². The molecule has 0 atom stereocenters. The third-order valence-corrected chi connectivity index (χ3v) is 4.39. The molecule has 3 rings (SSSR count). The molecule has 24 heavy (non-hydrogen) atoms. The van der Waals surface area contributed by atoms with Crippen molar-refractivity contribution in [3.8, 4) is 11.4 Å². The highest BCUT2D eigenvalue weighted by atomic mass is 32.1. The summed E-state index contributed by atoms with van der Waals surface area (Å²) < 4.78 is 5.42. The Morgan fingerprint density at radius 1 is 1.17 bits per heavy atom. The molecule has 1 fully saturated rings. The third kappa shape index (κ3) is 3.16. The first kappa shape index (κ1) is 16.5. The normalized spacial score (nSPS) is 14.5. The second-order valence-corrected chi connectivity index (χ2v) is 5.90. The summed E-state index contributed by atoms with van der Waals surface area (Å²) in [5.41, 5.74) is 9.07. The number of ether oxygens (including phenoxy) is 1. The van der Waals surface area contributed by atoms with Crippen LogP contribution in [0.25, 0.3) is 23.5 Å². The van der Waals surface area contributed by atoms with Gasteiger partial charge in [-0.1, -0.05) is 19.2 Å². The van der Waals surface area contributed by atoms with E-state index in [0.29, 0.717) is 30.4 Å². The van der Waals surface area contributed by atoms with E-state index < -0.39 is 0 Å². The molecule has 1 aliphatic rings. The van der Waals surface area contributed by atoms with Crippen molar-refractivity contribution in [3.05, 3.63) is 42.6 Å². The van der Waals surface area contributed by atoms with Crippen molar-refractivity contribution in [3.63, 3.8) is 0 Å². The Hall–Kier alpha value is -2.31. The first-order valence-electron chi connectivity index (χ1n) is 7.72. The Labute approximate surface area is 147 Å². The highest BCUT2D eigenvalue weighted by Gasteiger charge is 2.19. The fraction of sp³-hybridized carbons (Fsp3) is 0.222. The number of morpholine rings is 1. The SMILES string of the molecule is C=Cc1cc(-c2nc(C=C)c(S)c(N3CCOCC3)n2)ccc1N. The van der Waals surface area contributed by atoms with Crippen LogP contribution in [0.4, 0.5) is 11.5 Å². The average molecular weight is 340 g/mol. The molecule has 1 aromatic carbocycles. The number of benzene rings is 1. The zero-order chi connectivity index (χ0) is 17.1. The first-order chi connectivity index (χ1) is 11.6. The number of hydrogen-bond donors (Lipinski definition) is 2. The number of nitrogen functional groups attached to an aromatic ring is 1. The van der Waals surface area contributed by atoms with Crippen molar-refractivity contribution in [2.45, 2.75) is 4.90 Å². The molecule has 0 radical (unpaired) electrons. The minimum Gasteiger partial charge on any atom is -0.398 e. The van der Waals surface area contributed by atoms with Crippen LogP contribution in [-0.2, 0) is 4.74 Å². The highest BCUT2D eigenvalue weighted by Crippen LogP contribution is 2.30. The van der Waals surface area contributed by atoms with Crippen LogP contribution in [0.1, 0.15) is 11.3 Å². The van der Waals surface area contributed by atoms with E-state index in [2.05, 4.69) is 35.7 Å². The number of anilines is 2. The molecule has 0 bridgehead atoms. The lowest BCUT2D eigenvalue weighted by atomic mass is 10.1. The molecule has 2 N–H and O–H groups in total. The smallest absolute Gasteiger partial charge is 0.162 e. The van der Waals surface area contributed by atoms with E-state index in [9.17, 15) is 0 Å². The summed E-state index contributed by atoms with van der Waals surface area (Å²) in [6.07, 6.45) is 3.42. The van der Waals surface area contributed by atoms with Gasteiger partial charge in [0.1, 0.15) is 5.82 Å². The number of rotatable bonds is 4. The highest BCUT2D eigenvalue weighted by molar-refractivity contribution is 7.80. The van der Waals surface area contributed by atoms with Gasteiger partial charge in [-0.05, 0) is 29.8 Å². The second kappa shape index (κ2) is 7.07. The first-order valence-corrected chi connectivity index (χ1v) is 8.17. The van der Waals surface area contributed by atoms with Gasteiger partial charge >= 0.3 is 0 Å². The lowest BCUT2D eigenvalue weighted by Gasteiger charge is -2.29. The molecule has 2 aromatic rings. The van der Waals surface area contributed by atoms with E-state index >= 15 is 0 Å². The maximum Gasteiger partial charge on any atom is 0.162 e. The maximum absolute atomic E-state index is 5.94. The molecule has 0 saturated carbocycles. The monoisotopic (exact) mass is 340 g/mol. The van der Waals surface area contributed by atoms with E-state index in [4.69, 9.17) is 15.5 Å². The Bertz CT molecular complexity index is 785. The van der Waals surface area contributed by atoms with Crippen molar-refractivity contribution >= 4 is 36.3 Å². The number of thiol groups is 1. The zero-order valence-electron chi connectivity index (χ0n) is 13.4. The molecule has 0 spiro atoms. The van der Waals surface area contributed by atoms with Crippen molar-refractivity contribution in [2.24, 2.45) is 0 Å². The minimum atomic E-state index is 0.618.